The Bertz CT molecular complexity index is 1250. The molecule has 1 saturated carbocycles. The van der Waals surface area contributed by atoms with Crippen LogP contribution >= 0.6 is 0 Å². The first-order valence-electron chi connectivity index (χ1n) is 10.9. The lowest BCUT2D eigenvalue weighted by molar-refractivity contribution is -0.166. The second kappa shape index (κ2) is 7.41. The summed E-state index contributed by atoms with van der Waals surface area (Å²) < 4.78 is 66.6. The fraction of sp³-hybridized carbons (Fsp3) is 0.545. The second-order valence-electron chi connectivity index (χ2n) is 9.85. The molecular weight excluding hydrogens is 458 g/mol. The molecule has 2 fully saturated rings. The number of amides is 1. The molecule has 8 nitrogen and oxygen atoms in total. The van der Waals surface area contributed by atoms with E-state index in [1.54, 1.807) is 26.8 Å². The van der Waals surface area contributed by atoms with Crippen LogP contribution in [0.4, 0.5) is 22.4 Å². The molecule has 0 radical (unpaired) electrons. The fourth-order valence-electron chi connectivity index (χ4n) is 4.14. The summed E-state index contributed by atoms with van der Waals surface area (Å²) in [6.45, 7) is 5.87. The Balaban J connectivity index is 1.39. The Labute approximate surface area is 191 Å². The van der Waals surface area contributed by atoms with E-state index in [1.807, 2.05) is 0 Å². The molecule has 2 aliphatic rings. The minimum Gasteiger partial charge on any atom is -0.444 e. The van der Waals surface area contributed by atoms with Gasteiger partial charge in [0.2, 0.25) is 5.89 Å². The third-order valence-corrected chi connectivity index (χ3v) is 6.14. The number of carbonyl (C=O) groups excluding carboxylic acids is 1. The highest BCUT2D eigenvalue weighted by Gasteiger charge is 2.68. The van der Waals surface area contributed by atoms with Crippen molar-refractivity contribution in [3.8, 4) is 0 Å². The van der Waals surface area contributed by atoms with Gasteiger partial charge in [0.05, 0.1) is 16.6 Å². The quantitative estimate of drug-likeness (QED) is 0.509. The molecule has 0 atom stereocenters. The maximum absolute atomic E-state index is 14.8. The first-order chi connectivity index (χ1) is 15.9. The van der Waals surface area contributed by atoms with Gasteiger partial charge < -0.3 is 14.2 Å². The van der Waals surface area contributed by atoms with Crippen LogP contribution in [0.3, 0.4) is 0 Å². The molecule has 3 aromatic rings. The third kappa shape index (κ3) is 3.78. The van der Waals surface area contributed by atoms with Gasteiger partial charge in [0, 0.05) is 19.0 Å². The molecule has 2 aromatic heterocycles. The standard InChI is InChI=1S/C22H23F4N5O3/c1-20(2,3)33-19(32)30-9-12(10-30)17-16-13(23)5-4-6-14(16)31(28-17)11-15-27-18(34-29-15)21(7-8-21)22(24,25)26/h4-6,12H,7-11H2,1-3H3. The van der Waals surface area contributed by atoms with Crippen LogP contribution in [-0.4, -0.2) is 55.8 Å². The highest BCUT2D eigenvalue weighted by molar-refractivity contribution is 5.84. The molecule has 12 heteroatoms. The number of fused-ring (bicyclic) bond motifs is 1. The monoisotopic (exact) mass is 481 g/mol. The Morgan fingerprint density at radius 1 is 1.24 bits per heavy atom. The molecule has 34 heavy (non-hydrogen) atoms. The predicted octanol–water partition coefficient (Wildman–Crippen LogP) is 4.53. The summed E-state index contributed by atoms with van der Waals surface area (Å²) in [7, 11) is 0. The highest BCUT2D eigenvalue weighted by atomic mass is 19.4. The first kappa shape index (κ1) is 22.6. The molecular formula is C22H23F4N5O3. The second-order valence-corrected chi connectivity index (χ2v) is 9.85. The van der Waals surface area contributed by atoms with Crippen molar-refractivity contribution >= 4 is 17.0 Å². The molecule has 3 heterocycles. The van der Waals surface area contributed by atoms with Crippen molar-refractivity contribution in [3.63, 3.8) is 0 Å². The van der Waals surface area contributed by atoms with Crippen molar-refractivity contribution in [3.05, 3.63) is 41.4 Å². The molecule has 182 valence electrons. The number of halogens is 4. The van der Waals surface area contributed by atoms with Crippen molar-refractivity contribution in [1.29, 1.82) is 0 Å². The first-order valence-corrected chi connectivity index (χ1v) is 10.9. The van der Waals surface area contributed by atoms with E-state index in [4.69, 9.17) is 9.26 Å². The van der Waals surface area contributed by atoms with Crippen molar-refractivity contribution in [2.75, 3.05) is 13.1 Å². The lowest BCUT2D eigenvalue weighted by Gasteiger charge is -2.39. The lowest BCUT2D eigenvalue weighted by Crippen LogP contribution is -2.50. The Morgan fingerprint density at radius 2 is 1.94 bits per heavy atom. The zero-order valence-corrected chi connectivity index (χ0v) is 18.8. The van der Waals surface area contributed by atoms with Gasteiger partial charge in [-0.15, -0.1) is 0 Å². The van der Waals surface area contributed by atoms with Crippen LogP contribution < -0.4 is 0 Å². The van der Waals surface area contributed by atoms with Crippen molar-refractivity contribution in [2.45, 2.75) is 63.3 Å². The largest absolute Gasteiger partial charge is 0.444 e. The number of nitrogens with zero attached hydrogens (tertiary/aromatic N) is 5. The zero-order chi connectivity index (χ0) is 24.5. The highest BCUT2D eigenvalue weighted by Crippen LogP contribution is 2.58. The number of likely N-dealkylation sites (tertiary alicyclic amines) is 1. The van der Waals surface area contributed by atoms with Crippen LogP contribution in [0.2, 0.25) is 0 Å². The van der Waals surface area contributed by atoms with Gasteiger partial charge in [-0.2, -0.15) is 23.3 Å². The van der Waals surface area contributed by atoms with E-state index in [0.29, 0.717) is 29.7 Å². The molecule has 0 bridgehead atoms. The third-order valence-electron chi connectivity index (χ3n) is 6.14. The fourth-order valence-corrected chi connectivity index (χ4v) is 4.14. The predicted molar refractivity (Wildman–Crippen MR) is 111 cm³/mol. The summed E-state index contributed by atoms with van der Waals surface area (Å²) >= 11 is 0. The summed E-state index contributed by atoms with van der Waals surface area (Å²) in [6, 6.07) is 4.50. The number of hydrogen-bond donors (Lipinski definition) is 0. The zero-order valence-electron chi connectivity index (χ0n) is 18.8. The van der Waals surface area contributed by atoms with Gasteiger partial charge in [0.15, 0.2) is 5.82 Å². The maximum atomic E-state index is 14.8. The number of benzene rings is 1. The number of aromatic nitrogens is 4. The van der Waals surface area contributed by atoms with Gasteiger partial charge in [0.1, 0.15) is 23.4 Å². The molecule has 1 amide bonds. The van der Waals surface area contributed by atoms with Gasteiger partial charge in [0.25, 0.3) is 0 Å². The number of carbonyl (C=O) groups is 1. The van der Waals surface area contributed by atoms with Crippen LogP contribution in [0.5, 0.6) is 0 Å². The molecule has 0 spiro atoms. The Kier molecular flexibility index (Phi) is 4.93. The minimum atomic E-state index is -4.46. The van der Waals surface area contributed by atoms with Crippen molar-refractivity contribution in [1.82, 2.24) is 24.8 Å². The number of rotatable bonds is 4. The van der Waals surface area contributed by atoms with Crippen LogP contribution in [0.1, 0.15) is 56.9 Å². The van der Waals surface area contributed by atoms with Gasteiger partial charge in [-0.3, -0.25) is 4.68 Å². The maximum Gasteiger partial charge on any atom is 0.410 e. The van der Waals surface area contributed by atoms with E-state index in [2.05, 4.69) is 15.2 Å². The van der Waals surface area contributed by atoms with Gasteiger partial charge >= 0.3 is 12.3 Å². The SMILES string of the molecule is CC(C)(C)OC(=O)N1CC(c2nn(Cc3noc(C4(C(F)(F)F)CC4)n3)c3cccc(F)c23)C1. The van der Waals surface area contributed by atoms with E-state index >= 15 is 0 Å². The number of hydrogen-bond acceptors (Lipinski definition) is 6. The average Bonchev–Trinajstić information content (AvgIpc) is 3.25. The molecule has 1 saturated heterocycles. The molecule has 0 N–H and O–H groups in total. The van der Waals surface area contributed by atoms with Gasteiger partial charge in [-0.1, -0.05) is 11.2 Å². The van der Waals surface area contributed by atoms with Crippen molar-refractivity contribution in [2.24, 2.45) is 0 Å². The summed E-state index contributed by atoms with van der Waals surface area (Å²) in [5, 5.41) is 8.53. The Hall–Kier alpha value is -3.18. The van der Waals surface area contributed by atoms with Crippen LogP contribution in [0, 0.1) is 5.82 Å². The van der Waals surface area contributed by atoms with E-state index < -0.39 is 35.0 Å². The summed E-state index contributed by atoms with van der Waals surface area (Å²) in [5.41, 5.74) is -1.78. The normalized spacial score (nSPS) is 18.3. The molecule has 1 aliphatic carbocycles. The molecule has 0 unspecified atom stereocenters. The number of alkyl halides is 3. The summed E-state index contributed by atoms with van der Waals surface area (Å²) in [4.78, 5) is 17.7. The molecule has 1 aliphatic heterocycles. The van der Waals surface area contributed by atoms with Gasteiger partial charge in [-0.25, -0.2) is 9.18 Å². The van der Waals surface area contributed by atoms with Crippen LogP contribution in [0.15, 0.2) is 22.7 Å². The van der Waals surface area contributed by atoms with Crippen LogP contribution in [0.25, 0.3) is 10.9 Å². The summed E-state index contributed by atoms with van der Waals surface area (Å²) in [6.07, 6.45) is -5.09. The number of ether oxygens (including phenoxy) is 1. The van der Waals surface area contributed by atoms with Crippen molar-refractivity contribution < 1.29 is 31.6 Å². The average molecular weight is 481 g/mol. The minimum absolute atomic E-state index is 0.0229. The lowest BCUT2D eigenvalue weighted by atomic mass is 9.94. The Morgan fingerprint density at radius 3 is 2.56 bits per heavy atom. The topological polar surface area (TPSA) is 86.3 Å². The molecule has 1 aromatic carbocycles. The molecule has 5 rings (SSSR count). The van der Waals surface area contributed by atoms with E-state index in [0.717, 1.165) is 0 Å². The smallest absolute Gasteiger partial charge is 0.410 e. The van der Waals surface area contributed by atoms with E-state index in [9.17, 15) is 22.4 Å². The van der Waals surface area contributed by atoms with E-state index in [1.165, 1.54) is 21.7 Å². The van der Waals surface area contributed by atoms with Gasteiger partial charge in [-0.05, 0) is 45.7 Å². The summed E-state index contributed by atoms with van der Waals surface area (Å²) in [5.74, 6) is -1.12. The van der Waals surface area contributed by atoms with Crippen LogP contribution in [-0.2, 0) is 16.7 Å². The van der Waals surface area contributed by atoms with E-state index in [-0.39, 0.29) is 31.1 Å².